The summed E-state index contributed by atoms with van der Waals surface area (Å²) in [6.07, 6.45) is 7.21. The molecule has 0 heterocycles. The predicted octanol–water partition coefficient (Wildman–Crippen LogP) is 4.70. The van der Waals surface area contributed by atoms with Crippen molar-refractivity contribution in [3.05, 3.63) is 11.8 Å². The Bertz CT molecular complexity index is 494. The van der Waals surface area contributed by atoms with E-state index in [1.54, 1.807) is 0 Å². The molecule has 2 nitrogen and oxygen atoms in total. The third-order valence-electron chi connectivity index (χ3n) is 6.50. The van der Waals surface area contributed by atoms with Gasteiger partial charge in [-0.05, 0) is 61.9 Å². The normalized spacial score (nSPS) is 41.5. The van der Waals surface area contributed by atoms with Crippen molar-refractivity contribution < 1.29 is 9.53 Å². The highest BCUT2D eigenvalue weighted by atomic mass is 16.5. The lowest BCUT2D eigenvalue weighted by Crippen LogP contribution is -2.35. The molecule has 1 spiro atoms. The summed E-state index contributed by atoms with van der Waals surface area (Å²) in [7, 11) is 0. The van der Waals surface area contributed by atoms with E-state index in [1.165, 1.54) is 19.3 Å². The number of esters is 1. The van der Waals surface area contributed by atoms with Gasteiger partial charge in [0.1, 0.15) is 5.76 Å². The average molecular weight is 276 g/mol. The van der Waals surface area contributed by atoms with Gasteiger partial charge in [0, 0.05) is 6.42 Å². The van der Waals surface area contributed by atoms with Crippen LogP contribution in [0.1, 0.15) is 67.2 Å². The van der Waals surface area contributed by atoms with Gasteiger partial charge in [-0.25, -0.2) is 0 Å². The molecule has 2 heteroatoms. The Morgan fingerprint density at radius 3 is 2.50 bits per heavy atom. The summed E-state index contributed by atoms with van der Waals surface area (Å²) in [6.45, 7) is 13.0. The summed E-state index contributed by atoms with van der Waals surface area (Å²) >= 11 is 0. The van der Waals surface area contributed by atoms with Gasteiger partial charge in [-0.1, -0.05) is 27.2 Å². The summed E-state index contributed by atoms with van der Waals surface area (Å²) in [6, 6.07) is 0. The molecule has 20 heavy (non-hydrogen) atoms. The predicted molar refractivity (Wildman–Crippen MR) is 79.9 cm³/mol. The molecule has 0 aromatic carbocycles. The van der Waals surface area contributed by atoms with E-state index in [4.69, 9.17) is 4.74 Å². The third kappa shape index (κ3) is 1.54. The molecule has 3 atom stereocenters. The van der Waals surface area contributed by atoms with Crippen LogP contribution in [0.3, 0.4) is 0 Å². The molecule has 2 saturated carbocycles. The van der Waals surface area contributed by atoms with Crippen LogP contribution >= 0.6 is 0 Å². The summed E-state index contributed by atoms with van der Waals surface area (Å²) in [4.78, 5) is 12.1. The smallest absolute Gasteiger partial charge is 0.316 e. The van der Waals surface area contributed by atoms with Crippen molar-refractivity contribution in [2.75, 3.05) is 0 Å². The van der Waals surface area contributed by atoms with Crippen LogP contribution in [-0.2, 0) is 9.53 Å². The molecule has 0 aliphatic heterocycles. The number of carbonyl (C=O) groups is 1. The summed E-state index contributed by atoms with van der Waals surface area (Å²) in [5.74, 6) is 1.45. The number of rotatable bonds is 1. The first kappa shape index (κ1) is 14.2. The van der Waals surface area contributed by atoms with Crippen molar-refractivity contribution >= 4 is 5.97 Å². The summed E-state index contributed by atoms with van der Waals surface area (Å²) in [5.41, 5.74) is 0.742. The number of carbonyl (C=O) groups excluding carboxylic acids is 1. The Morgan fingerprint density at radius 2 is 1.90 bits per heavy atom. The third-order valence-corrected chi connectivity index (χ3v) is 6.50. The second kappa shape index (κ2) is 3.69. The SMILES string of the molecule is CC(C)(C)C(=O)OC1=CC2[C@@]3(C)CCCC(C)(C)[C@@]23C1. The Balaban J connectivity index is 1.81. The molecule has 3 aliphatic carbocycles. The fourth-order valence-electron chi connectivity index (χ4n) is 5.23. The van der Waals surface area contributed by atoms with Crippen molar-refractivity contribution in [3.63, 3.8) is 0 Å². The van der Waals surface area contributed by atoms with Crippen molar-refractivity contribution in [2.45, 2.75) is 67.2 Å². The lowest BCUT2D eigenvalue weighted by Gasteiger charge is -2.42. The Kier molecular flexibility index (Phi) is 2.62. The van der Waals surface area contributed by atoms with Crippen LogP contribution < -0.4 is 0 Å². The van der Waals surface area contributed by atoms with E-state index in [1.807, 2.05) is 20.8 Å². The molecule has 1 unspecified atom stereocenters. The standard InChI is InChI=1S/C18H28O2/c1-15(2,3)14(19)20-12-10-13-17(6)9-7-8-16(4,5)18(13,17)11-12/h10,13H,7-9,11H2,1-6H3/t13?,17-,18-/m1/s1. The van der Waals surface area contributed by atoms with Gasteiger partial charge in [-0.3, -0.25) is 4.79 Å². The van der Waals surface area contributed by atoms with E-state index >= 15 is 0 Å². The van der Waals surface area contributed by atoms with Crippen molar-refractivity contribution in [1.29, 1.82) is 0 Å². The molecular weight excluding hydrogens is 248 g/mol. The quantitative estimate of drug-likeness (QED) is 0.649. The summed E-state index contributed by atoms with van der Waals surface area (Å²) < 4.78 is 5.68. The first-order valence-electron chi connectivity index (χ1n) is 7.98. The van der Waals surface area contributed by atoms with E-state index in [0.29, 0.717) is 22.2 Å². The van der Waals surface area contributed by atoms with Crippen LogP contribution in [0.4, 0.5) is 0 Å². The first-order valence-corrected chi connectivity index (χ1v) is 7.98. The zero-order valence-electron chi connectivity index (χ0n) is 13.8. The Labute approximate surface area is 123 Å². The van der Waals surface area contributed by atoms with Gasteiger partial charge >= 0.3 is 5.97 Å². The fraction of sp³-hybridized carbons (Fsp3) is 0.833. The number of hydrogen-bond donors (Lipinski definition) is 0. The van der Waals surface area contributed by atoms with Gasteiger partial charge in [0.15, 0.2) is 0 Å². The van der Waals surface area contributed by atoms with E-state index in [0.717, 1.165) is 12.2 Å². The van der Waals surface area contributed by atoms with Crippen LogP contribution in [0.2, 0.25) is 0 Å². The molecular formula is C18H28O2. The zero-order chi connectivity index (χ0) is 15.0. The van der Waals surface area contributed by atoms with Gasteiger partial charge in [0.25, 0.3) is 0 Å². The molecule has 0 saturated heterocycles. The Morgan fingerprint density at radius 1 is 1.25 bits per heavy atom. The zero-order valence-corrected chi connectivity index (χ0v) is 13.8. The van der Waals surface area contributed by atoms with Crippen LogP contribution in [0.25, 0.3) is 0 Å². The molecule has 3 rings (SSSR count). The fourth-order valence-corrected chi connectivity index (χ4v) is 5.23. The van der Waals surface area contributed by atoms with Gasteiger partial charge in [-0.15, -0.1) is 0 Å². The molecule has 0 N–H and O–H groups in total. The lowest BCUT2D eigenvalue weighted by molar-refractivity contribution is -0.149. The number of fused-ring (bicyclic) bond motifs is 1. The first-order chi connectivity index (χ1) is 9.05. The maximum absolute atomic E-state index is 12.1. The minimum absolute atomic E-state index is 0.100. The van der Waals surface area contributed by atoms with Crippen LogP contribution in [-0.4, -0.2) is 5.97 Å². The largest absolute Gasteiger partial charge is 0.431 e. The monoisotopic (exact) mass is 276 g/mol. The van der Waals surface area contributed by atoms with Crippen LogP contribution in [0.15, 0.2) is 11.8 Å². The topological polar surface area (TPSA) is 26.3 Å². The van der Waals surface area contributed by atoms with Crippen molar-refractivity contribution in [1.82, 2.24) is 0 Å². The average Bonchev–Trinajstić information content (AvgIpc) is 2.67. The van der Waals surface area contributed by atoms with Crippen molar-refractivity contribution in [2.24, 2.45) is 27.6 Å². The molecule has 3 aliphatic rings. The second-order valence-electron chi connectivity index (χ2n) is 9.05. The molecule has 0 amide bonds. The van der Waals surface area contributed by atoms with Crippen molar-refractivity contribution in [3.8, 4) is 0 Å². The molecule has 0 aromatic heterocycles. The van der Waals surface area contributed by atoms with E-state index in [2.05, 4.69) is 26.8 Å². The van der Waals surface area contributed by atoms with Gasteiger partial charge in [-0.2, -0.15) is 0 Å². The minimum atomic E-state index is -0.420. The number of allylic oxidation sites excluding steroid dienone is 2. The van der Waals surface area contributed by atoms with E-state index < -0.39 is 5.41 Å². The van der Waals surface area contributed by atoms with Crippen LogP contribution in [0, 0.1) is 27.6 Å². The van der Waals surface area contributed by atoms with Gasteiger partial charge in [0.2, 0.25) is 0 Å². The minimum Gasteiger partial charge on any atom is -0.431 e. The lowest BCUT2D eigenvalue weighted by atomic mass is 9.62. The van der Waals surface area contributed by atoms with Gasteiger partial charge < -0.3 is 4.74 Å². The molecule has 0 bridgehead atoms. The number of hydrogen-bond acceptors (Lipinski definition) is 2. The molecule has 112 valence electrons. The maximum Gasteiger partial charge on any atom is 0.316 e. The Hall–Kier alpha value is -0.790. The molecule has 2 fully saturated rings. The van der Waals surface area contributed by atoms with Crippen LogP contribution in [0.5, 0.6) is 0 Å². The number of ether oxygens (including phenoxy) is 1. The highest BCUT2D eigenvalue weighted by Gasteiger charge is 2.80. The highest BCUT2D eigenvalue weighted by Crippen LogP contribution is 2.85. The van der Waals surface area contributed by atoms with E-state index in [-0.39, 0.29) is 5.97 Å². The second-order valence-corrected chi connectivity index (χ2v) is 9.05. The molecule has 0 radical (unpaired) electrons. The molecule has 0 aromatic rings. The maximum atomic E-state index is 12.1. The van der Waals surface area contributed by atoms with E-state index in [9.17, 15) is 4.79 Å². The summed E-state index contributed by atoms with van der Waals surface area (Å²) in [5, 5.41) is 0. The highest BCUT2D eigenvalue weighted by molar-refractivity contribution is 5.76. The van der Waals surface area contributed by atoms with Gasteiger partial charge in [0.05, 0.1) is 5.41 Å².